The quantitative estimate of drug-likeness (QED) is 0.623. The lowest BCUT2D eigenvalue weighted by molar-refractivity contribution is -0.137. The van der Waals surface area contributed by atoms with Gasteiger partial charge in [0, 0.05) is 4.88 Å². The van der Waals surface area contributed by atoms with E-state index in [0.717, 1.165) is 9.94 Å². The average Bonchev–Trinajstić information content (AvgIpc) is 3.03. The number of nitrogens with zero attached hydrogens (tertiary/aromatic N) is 1. The normalized spacial score (nSPS) is 17.1. The van der Waals surface area contributed by atoms with Crippen molar-refractivity contribution in [3.63, 3.8) is 0 Å². The fraction of sp³-hybridized carbons (Fsp3) is 0. The van der Waals surface area contributed by atoms with E-state index in [2.05, 4.69) is 0 Å². The van der Waals surface area contributed by atoms with Gasteiger partial charge in [-0.25, -0.2) is 4.79 Å². The molecule has 2 heterocycles. The summed E-state index contributed by atoms with van der Waals surface area (Å²) in [5.74, 6) is -1.06. The van der Waals surface area contributed by atoms with E-state index < -0.39 is 11.9 Å². The second-order valence-corrected chi connectivity index (χ2v) is 4.87. The molecule has 5 heteroatoms. The van der Waals surface area contributed by atoms with Crippen molar-refractivity contribution in [2.24, 2.45) is 0 Å². The van der Waals surface area contributed by atoms with Crippen molar-refractivity contribution in [3.8, 4) is 0 Å². The van der Waals surface area contributed by atoms with Gasteiger partial charge in [-0.2, -0.15) is 0 Å². The molecule has 0 spiro atoms. The Morgan fingerprint density at radius 1 is 1.05 bits per heavy atom. The van der Waals surface area contributed by atoms with Crippen LogP contribution in [0.1, 0.15) is 4.88 Å². The zero-order valence-corrected chi connectivity index (χ0v) is 10.6. The van der Waals surface area contributed by atoms with Gasteiger partial charge < -0.3 is 4.84 Å². The van der Waals surface area contributed by atoms with Gasteiger partial charge in [-0.3, -0.25) is 4.79 Å². The lowest BCUT2D eigenvalue weighted by Gasteiger charge is -2.11. The summed E-state index contributed by atoms with van der Waals surface area (Å²) in [5, 5.41) is 2.90. The second-order valence-electron chi connectivity index (χ2n) is 3.89. The van der Waals surface area contributed by atoms with Crippen molar-refractivity contribution >= 4 is 35.0 Å². The van der Waals surface area contributed by atoms with E-state index in [9.17, 15) is 9.59 Å². The molecule has 1 fully saturated rings. The van der Waals surface area contributed by atoms with Crippen LogP contribution >= 0.6 is 11.3 Å². The third-order valence-electron chi connectivity index (χ3n) is 2.63. The van der Waals surface area contributed by atoms with E-state index in [4.69, 9.17) is 4.84 Å². The van der Waals surface area contributed by atoms with Crippen molar-refractivity contribution in [2.75, 3.05) is 5.06 Å². The highest BCUT2D eigenvalue weighted by Gasteiger charge is 2.37. The zero-order valence-electron chi connectivity index (χ0n) is 9.78. The SMILES string of the molecule is O=C1ON(c2ccccc2)C(=O)C1=Cc1cccs1. The number of carbonyl (C=O) groups excluding carboxylic acids is 2. The molecule has 0 aliphatic carbocycles. The Morgan fingerprint density at radius 3 is 2.53 bits per heavy atom. The van der Waals surface area contributed by atoms with Crippen molar-refractivity contribution in [3.05, 3.63) is 58.3 Å². The van der Waals surface area contributed by atoms with Gasteiger partial charge in [0.2, 0.25) is 0 Å². The number of para-hydroxylation sites is 1. The van der Waals surface area contributed by atoms with Gasteiger partial charge in [0.25, 0.3) is 5.91 Å². The van der Waals surface area contributed by atoms with Gasteiger partial charge in [0.05, 0.1) is 5.69 Å². The molecule has 0 atom stereocenters. The number of hydrogen-bond donors (Lipinski definition) is 0. The first kappa shape index (κ1) is 11.7. The van der Waals surface area contributed by atoms with Crippen LogP contribution in [0.2, 0.25) is 0 Å². The van der Waals surface area contributed by atoms with E-state index in [-0.39, 0.29) is 5.57 Å². The Morgan fingerprint density at radius 2 is 1.84 bits per heavy atom. The highest BCUT2D eigenvalue weighted by Crippen LogP contribution is 2.25. The molecule has 4 nitrogen and oxygen atoms in total. The first-order valence-electron chi connectivity index (χ1n) is 5.63. The molecular weight excluding hydrogens is 262 g/mol. The summed E-state index contributed by atoms with van der Waals surface area (Å²) in [6.07, 6.45) is 1.55. The lowest BCUT2D eigenvalue weighted by Crippen LogP contribution is -2.22. The molecule has 1 amide bonds. The van der Waals surface area contributed by atoms with Crippen LogP contribution < -0.4 is 5.06 Å². The van der Waals surface area contributed by atoms with Crippen molar-refractivity contribution in [1.29, 1.82) is 0 Å². The van der Waals surface area contributed by atoms with Gasteiger partial charge in [-0.1, -0.05) is 24.3 Å². The molecule has 0 unspecified atom stereocenters. The molecule has 1 aliphatic rings. The largest absolute Gasteiger partial charge is 0.369 e. The second kappa shape index (κ2) is 4.70. The minimum atomic E-state index is -0.623. The summed E-state index contributed by atoms with van der Waals surface area (Å²) in [6, 6.07) is 12.5. The Labute approximate surface area is 113 Å². The van der Waals surface area contributed by atoms with E-state index in [0.29, 0.717) is 5.69 Å². The summed E-state index contributed by atoms with van der Waals surface area (Å²) in [5.41, 5.74) is 0.585. The third-order valence-corrected chi connectivity index (χ3v) is 3.45. The molecule has 94 valence electrons. The van der Waals surface area contributed by atoms with Crippen LogP contribution in [0.3, 0.4) is 0 Å². The van der Waals surface area contributed by atoms with E-state index in [1.807, 2.05) is 23.6 Å². The first-order chi connectivity index (χ1) is 9.25. The van der Waals surface area contributed by atoms with E-state index in [1.165, 1.54) is 11.3 Å². The van der Waals surface area contributed by atoms with Gasteiger partial charge in [0.15, 0.2) is 0 Å². The summed E-state index contributed by atoms with van der Waals surface area (Å²) in [6.45, 7) is 0. The molecule has 1 aromatic heterocycles. The molecule has 0 saturated carbocycles. The highest BCUT2D eigenvalue weighted by molar-refractivity contribution is 7.10. The number of anilines is 1. The summed E-state index contributed by atoms with van der Waals surface area (Å²) < 4.78 is 0. The molecule has 3 rings (SSSR count). The van der Waals surface area contributed by atoms with Gasteiger partial charge in [0.1, 0.15) is 5.57 Å². The van der Waals surface area contributed by atoms with Crippen LogP contribution in [-0.2, 0) is 14.4 Å². The van der Waals surface area contributed by atoms with Crippen molar-refractivity contribution in [2.45, 2.75) is 0 Å². The molecule has 1 saturated heterocycles. The number of thiophene rings is 1. The maximum absolute atomic E-state index is 12.2. The van der Waals surface area contributed by atoms with Gasteiger partial charge in [-0.05, 0) is 29.7 Å². The Hall–Kier alpha value is -2.40. The third kappa shape index (κ3) is 2.15. The summed E-state index contributed by atoms with van der Waals surface area (Å²) in [4.78, 5) is 29.8. The molecule has 0 N–H and O–H groups in total. The molecule has 0 radical (unpaired) electrons. The fourth-order valence-corrected chi connectivity index (χ4v) is 2.40. The average molecular weight is 271 g/mol. The number of rotatable bonds is 2. The van der Waals surface area contributed by atoms with Crippen LogP contribution in [-0.4, -0.2) is 11.9 Å². The van der Waals surface area contributed by atoms with E-state index in [1.54, 1.807) is 30.3 Å². The molecule has 19 heavy (non-hydrogen) atoms. The molecule has 1 aliphatic heterocycles. The Balaban J connectivity index is 1.94. The van der Waals surface area contributed by atoms with Gasteiger partial charge in [-0.15, -0.1) is 16.4 Å². The number of carbonyl (C=O) groups is 2. The van der Waals surface area contributed by atoms with Crippen molar-refractivity contribution in [1.82, 2.24) is 0 Å². The number of hydroxylamine groups is 1. The minimum Gasteiger partial charge on any atom is -0.327 e. The fourth-order valence-electron chi connectivity index (χ4n) is 1.74. The van der Waals surface area contributed by atoms with Crippen LogP contribution in [0.25, 0.3) is 6.08 Å². The Kier molecular flexibility index (Phi) is 2.89. The van der Waals surface area contributed by atoms with Crippen LogP contribution in [0.5, 0.6) is 0 Å². The van der Waals surface area contributed by atoms with Crippen molar-refractivity contribution < 1.29 is 14.4 Å². The molecule has 0 bridgehead atoms. The number of benzene rings is 1. The van der Waals surface area contributed by atoms with Gasteiger partial charge >= 0.3 is 5.97 Å². The first-order valence-corrected chi connectivity index (χ1v) is 6.51. The van der Waals surface area contributed by atoms with Crippen LogP contribution in [0, 0.1) is 0 Å². The summed E-state index contributed by atoms with van der Waals surface area (Å²) in [7, 11) is 0. The molecule has 2 aromatic rings. The Bertz CT molecular complexity index is 647. The lowest BCUT2D eigenvalue weighted by atomic mass is 10.2. The smallest absolute Gasteiger partial charge is 0.327 e. The zero-order chi connectivity index (χ0) is 13.2. The standard InChI is InChI=1S/C14H9NO3S/c16-13-12(9-11-7-4-8-19-11)14(17)18-15(13)10-5-2-1-3-6-10/h1-9H. The van der Waals surface area contributed by atoms with Crippen LogP contribution in [0.4, 0.5) is 5.69 Å². The molecule has 1 aromatic carbocycles. The van der Waals surface area contributed by atoms with E-state index >= 15 is 0 Å². The predicted octanol–water partition coefficient (Wildman–Crippen LogP) is 2.64. The van der Waals surface area contributed by atoms with Crippen LogP contribution in [0.15, 0.2) is 53.4 Å². The number of amides is 1. The maximum atomic E-state index is 12.2. The summed E-state index contributed by atoms with van der Waals surface area (Å²) >= 11 is 1.46. The molecular formula is C14H9NO3S. The minimum absolute atomic E-state index is 0.0475. The number of hydrogen-bond acceptors (Lipinski definition) is 4. The maximum Gasteiger partial charge on any atom is 0.369 e. The predicted molar refractivity (Wildman–Crippen MR) is 72.3 cm³/mol. The highest BCUT2D eigenvalue weighted by atomic mass is 32.1. The monoisotopic (exact) mass is 271 g/mol. The topological polar surface area (TPSA) is 46.6 Å².